The average Bonchev–Trinajstić information content (AvgIpc) is 3.07. The Bertz CT molecular complexity index is 1020. The predicted octanol–water partition coefficient (Wildman–Crippen LogP) is 4.04. The molecule has 1 unspecified atom stereocenters. The monoisotopic (exact) mass is 519 g/mol. The number of para-hydroxylation sites is 2. The van der Waals surface area contributed by atoms with E-state index in [9.17, 15) is 0 Å². The average molecular weight is 519 g/mol. The van der Waals surface area contributed by atoms with Gasteiger partial charge in [0.05, 0.1) is 24.2 Å². The lowest BCUT2D eigenvalue weighted by atomic mass is 10.0. The molecule has 3 aromatic rings. The Kier molecular flexibility index (Phi) is 7.71. The van der Waals surface area contributed by atoms with E-state index in [0.717, 1.165) is 42.5 Å². The molecule has 1 aliphatic heterocycles. The minimum Gasteiger partial charge on any atom is -0.370 e. The molecule has 160 valence electrons. The van der Waals surface area contributed by atoms with Gasteiger partial charge in [0.15, 0.2) is 5.96 Å². The predicted molar refractivity (Wildman–Crippen MR) is 132 cm³/mol. The van der Waals surface area contributed by atoms with Gasteiger partial charge in [-0.3, -0.25) is 0 Å². The topological polar surface area (TPSA) is 54.7 Å². The second kappa shape index (κ2) is 10.3. The maximum Gasteiger partial charge on any atom is 0.194 e. The molecule has 1 fully saturated rings. The lowest BCUT2D eigenvalue weighted by molar-refractivity contribution is -0.00834. The van der Waals surface area contributed by atoms with Crippen LogP contribution in [0.4, 0.5) is 0 Å². The van der Waals surface area contributed by atoms with E-state index in [0.29, 0.717) is 13.2 Å². The number of imidazole rings is 1. The number of hydrogen-bond donors (Lipinski definition) is 1. The Morgan fingerprint density at radius 3 is 2.73 bits per heavy atom. The number of rotatable bonds is 4. The van der Waals surface area contributed by atoms with E-state index in [2.05, 4.69) is 66.0 Å². The van der Waals surface area contributed by atoms with E-state index in [-0.39, 0.29) is 30.1 Å². The molecule has 6 nitrogen and oxygen atoms in total. The number of ether oxygens (including phenoxy) is 1. The molecular formula is C23H30IN5O. The first-order valence-electron chi connectivity index (χ1n) is 10.3. The van der Waals surface area contributed by atoms with Crippen molar-refractivity contribution in [3.8, 4) is 0 Å². The molecule has 0 saturated carbocycles. The zero-order valence-electron chi connectivity index (χ0n) is 17.8. The summed E-state index contributed by atoms with van der Waals surface area (Å²) >= 11 is 0. The largest absolute Gasteiger partial charge is 0.370 e. The van der Waals surface area contributed by atoms with Crippen LogP contribution in [0, 0.1) is 6.92 Å². The van der Waals surface area contributed by atoms with Crippen molar-refractivity contribution >= 4 is 41.0 Å². The molecule has 1 saturated heterocycles. The number of aromatic nitrogens is 2. The second-order valence-electron chi connectivity index (χ2n) is 7.41. The van der Waals surface area contributed by atoms with Gasteiger partial charge in [0.25, 0.3) is 0 Å². The summed E-state index contributed by atoms with van der Waals surface area (Å²) in [7, 11) is 2.05. The summed E-state index contributed by atoms with van der Waals surface area (Å²) in [6.07, 6.45) is 0.0598. The van der Waals surface area contributed by atoms with Gasteiger partial charge in [-0.15, -0.1) is 24.0 Å². The summed E-state index contributed by atoms with van der Waals surface area (Å²) in [4.78, 5) is 12.0. The number of hydrogen-bond acceptors (Lipinski definition) is 3. The second-order valence-corrected chi connectivity index (χ2v) is 7.41. The third-order valence-corrected chi connectivity index (χ3v) is 5.49. The molecule has 1 aliphatic rings. The molecule has 2 aromatic carbocycles. The van der Waals surface area contributed by atoms with Crippen LogP contribution >= 0.6 is 24.0 Å². The summed E-state index contributed by atoms with van der Waals surface area (Å²) in [6.45, 7) is 7.92. The third-order valence-electron chi connectivity index (χ3n) is 5.49. The van der Waals surface area contributed by atoms with E-state index in [1.165, 1.54) is 11.1 Å². The fourth-order valence-electron chi connectivity index (χ4n) is 3.89. The molecule has 7 heteroatoms. The first-order chi connectivity index (χ1) is 14.2. The van der Waals surface area contributed by atoms with E-state index >= 15 is 0 Å². The highest BCUT2D eigenvalue weighted by atomic mass is 127. The molecule has 0 aliphatic carbocycles. The fourth-order valence-corrected chi connectivity index (χ4v) is 3.89. The highest BCUT2D eigenvalue weighted by Crippen LogP contribution is 2.25. The molecule has 4 rings (SSSR count). The van der Waals surface area contributed by atoms with E-state index in [4.69, 9.17) is 14.7 Å². The van der Waals surface area contributed by atoms with Crippen molar-refractivity contribution in [3.05, 3.63) is 65.5 Å². The van der Waals surface area contributed by atoms with Crippen molar-refractivity contribution in [3.63, 3.8) is 0 Å². The molecule has 0 spiro atoms. The van der Waals surface area contributed by atoms with Gasteiger partial charge >= 0.3 is 0 Å². The minimum atomic E-state index is 0. The maximum absolute atomic E-state index is 6.08. The van der Waals surface area contributed by atoms with Crippen molar-refractivity contribution in [1.29, 1.82) is 0 Å². The molecule has 2 heterocycles. The van der Waals surface area contributed by atoms with Crippen LogP contribution in [0.1, 0.15) is 30.0 Å². The lowest BCUT2D eigenvalue weighted by Gasteiger charge is -2.35. The summed E-state index contributed by atoms with van der Waals surface area (Å²) in [6, 6.07) is 16.7. The van der Waals surface area contributed by atoms with Gasteiger partial charge in [-0.1, -0.05) is 36.4 Å². The van der Waals surface area contributed by atoms with Crippen LogP contribution in [0.3, 0.4) is 0 Å². The SMILES string of the molecule is CCNC(=NCc1nc2ccccc2n1C)N1CCOC(c2ccccc2C)C1.I. The van der Waals surface area contributed by atoms with Gasteiger partial charge in [0.2, 0.25) is 0 Å². The van der Waals surface area contributed by atoms with Crippen LogP contribution in [0.5, 0.6) is 0 Å². The van der Waals surface area contributed by atoms with Gasteiger partial charge in [-0.2, -0.15) is 0 Å². The number of halogens is 1. The number of aliphatic imine (C=N–C) groups is 1. The third kappa shape index (κ3) is 4.78. The van der Waals surface area contributed by atoms with Crippen LogP contribution in [0.25, 0.3) is 11.0 Å². The van der Waals surface area contributed by atoms with E-state index in [1.54, 1.807) is 0 Å². The fraction of sp³-hybridized carbons (Fsp3) is 0.391. The molecule has 1 atom stereocenters. The highest BCUT2D eigenvalue weighted by Gasteiger charge is 2.25. The minimum absolute atomic E-state index is 0. The van der Waals surface area contributed by atoms with E-state index < -0.39 is 0 Å². The Labute approximate surface area is 195 Å². The van der Waals surface area contributed by atoms with Gasteiger partial charge in [0, 0.05) is 20.1 Å². The number of fused-ring (bicyclic) bond motifs is 1. The van der Waals surface area contributed by atoms with Crippen LogP contribution in [-0.4, -0.2) is 46.7 Å². The number of morpholine rings is 1. The first kappa shape index (κ1) is 22.6. The normalized spacial score (nSPS) is 17.1. The first-order valence-corrected chi connectivity index (χ1v) is 10.3. The number of aryl methyl sites for hydroxylation is 2. The molecule has 30 heavy (non-hydrogen) atoms. The molecule has 0 bridgehead atoms. The standard InChI is InChI=1S/C23H29N5O.HI/c1-4-24-23(25-15-22-26-19-11-7-8-12-20(19)27(22)3)28-13-14-29-21(16-28)18-10-6-5-9-17(18)2;/h5-12,21H,4,13-16H2,1-3H3,(H,24,25);1H. The van der Waals surface area contributed by atoms with Crippen molar-refractivity contribution < 1.29 is 4.74 Å². The molecule has 1 N–H and O–H groups in total. The lowest BCUT2D eigenvalue weighted by Crippen LogP contribution is -2.48. The number of nitrogens with one attached hydrogen (secondary N) is 1. The molecule has 0 radical (unpaired) electrons. The molecular weight excluding hydrogens is 489 g/mol. The number of guanidine groups is 1. The van der Waals surface area contributed by atoms with Gasteiger partial charge in [-0.25, -0.2) is 9.98 Å². The maximum atomic E-state index is 6.08. The van der Waals surface area contributed by atoms with Crippen LogP contribution in [-0.2, 0) is 18.3 Å². The van der Waals surface area contributed by atoms with Crippen LogP contribution in [0.15, 0.2) is 53.5 Å². The van der Waals surface area contributed by atoms with Gasteiger partial charge in [0.1, 0.15) is 18.5 Å². The Balaban J connectivity index is 0.00000256. The smallest absolute Gasteiger partial charge is 0.194 e. The zero-order chi connectivity index (χ0) is 20.2. The van der Waals surface area contributed by atoms with Crippen LogP contribution in [0.2, 0.25) is 0 Å². The summed E-state index contributed by atoms with van der Waals surface area (Å²) in [5.74, 6) is 1.88. The number of nitrogens with zero attached hydrogens (tertiary/aromatic N) is 4. The summed E-state index contributed by atoms with van der Waals surface area (Å²) < 4.78 is 8.21. The van der Waals surface area contributed by atoms with Crippen molar-refractivity contribution in [2.24, 2.45) is 12.0 Å². The highest BCUT2D eigenvalue weighted by molar-refractivity contribution is 14.0. The van der Waals surface area contributed by atoms with E-state index in [1.807, 2.05) is 18.2 Å². The van der Waals surface area contributed by atoms with Gasteiger partial charge < -0.3 is 19.5 Å². The Morgan fingerprint density at radius 1 is 1.20 bits per heavy atom. The quantitative estimate of drug-likeness (QED) is 0.321. The summed E-state index contributed by atoms with van der Waals surface area (Å²) in [5.41, 5.74) is 4.66. The molecule has 1 aromatic heterocycles. The summed E-state index contributed by atoms with van der Waals surface area (Å²) in [5, 5.41) is 3.45. The Morgan fingerprint density at radius 2 is 1.97 bits per heavy atom. The van der Waals surface area contributed by atoms with Crippen molar-refractivity contribution in [2.45, 2.75) is 26.5 Å². The van der Waals surface area contributed by atoms with Crippen molar-refractivity contribution in [2.75, 3.05) is 26.2 Å². The van der Waals surface area contributed by atoms with Crippen LogP contribution < -0.4 is 5.32 Å². The zero-order valence-corrected chi connectivity index (χ0v) is 20.2. The Hall–Kier alpha value is -2.13. The molecule has 0 amide bonds. The van der Waals surface area contributed by atoms with Gasteiger partial charge in [-0.05, 0) is 37.1 Å². The van der Waals surface area contributed by atoms with Crippen molar-refractivity contribution in [1.82, 2.24) is 19.8 Å². The number of benzene rings is 2.